The van der Waals surface area contributed by atoms with Gasteiger partial charge in [0.05, 0.1) is 10.7 Å². The molecule has 2 aromatic rings. The maximum absolute atomic E-state index is 4.72. The summed E-state index contributed by atoms with van der Waals surface area (Å²) in [5.74, 6) is 1.60. The van der Waals surface area contributed by atoms with Crippen LogP contribution in [-0.4, -0.2) is 49.1 Å². The summed E-state index contributed by atoms with van der Waals surface area (Å²) < 4.78 is 0. The predicted molar refractivity (Wildman–Crippen MR) is 144 cm³/mol. The van der Waals surface area contributed by atoms with E-state index in [4.69, 9.17) is 4.98 Å². The second-order valence-corrected chi connectivity index (χ2v) is 9.80. The normalized spacial score (nSPS) is 16.1. The molecule has 2 heterocycles. The molecule has 31 heavy (non-hydrogen) atoms. The van der Waals surface area contributed by atoms with Gasteiger partial charge in [-0.2, -0.15) is 0 Å². The van der Waals surface area contributed by atoms with Crippen molar-refractivity contribution in [2.75, 3.05) is 33.2 Å². The molecular formula is C24H38IN5S. The van der Waals surface area contributed by atoms with Gasteiger partial charge >= 0.3 is 0 Å². The Labute approximate surface area is 209 Å². The zero-order valence-corrected chi connectivity index (χ0v) is 22.5. The highest BCUT2D eigenvalue weighted by molar-refractivity contribution is 14.0. The van der Waals surface area contributed by atoms with Crippen molar-refractivity contribution in [2.45, 2.75) is 52.0 Å². The number of hydrogen-bond donors (Lipinski definition) is 2. The summed E-state index contributed by atoms with van der Waals surface area (Å²) in [6.07, 6.45) is 3.49. The van der Waals surface area contributed by atoms with E-state index in [0.29, 0.717) is 5.92 Å². The lowest BCUT2D eigenvalue weighted by atomic mass is 9.85. The molecule has 0 atom stereocenters. The first kappa shape index (κ1) is 26.1. The lowest BCUT2D eigenvalue weighted by Gasteiger charge is -2.32. The van der Waals surface area contributed by atoms with Crippen LogP contribution in [0.5, 0.6) is 0 Å². The summed E-state index contributed by atoms with van der Waals surface area (Å²) in [7, 11) is 1.85. The molecular weight excluding hydrogens is 517 g/mol. The third-order valence-corrected chi connectivity index (χ3v) is 7.07. The highest BCUT2D eigenvalue weighted by atomic mass is 127. The summed E-state index contributed by atoms with van der Waals surface area (Å²) in [5, 5.41) is 10.5. The van der Waals surface area contributed by atoms with Gasteiger partial charge in [0, 0.05) is 37.5 Å². The first-order chi connectivity index (χ1) is 14.5. The second-order valence-electron chi connectivity index (χ2n) is 8.86. The minimum Gasteiger partial charge on any atom is -0.356 e. The molecule has 1 aromatic carbocycles. The SMILES string of the molecule is CCc1nc(CN2CCC(CNC(=NC)NCC(C)(C)c3ccccc3)CC2)cs1.I. The van der Waals surface area contributed by atoms with Crippen LogP contribution < -0.4 is 10.6 Å². The van der Waals surface area contributed by atoms with Crippen LogP contribution in [0.25, 0.3) is 0 Å². The van der Waals surface area contributed by atoms with Gasteiger partial charge in [-0.15, -0.1) is 35.3 Å². The lowest BCUT2D eigenvalue weighted by Crippen LogP contribution is -2.46. The molecule has 3 rings (SSSR count). The summed E-state index contributed by atoms with van der Waals surface area (Å²) in [5.41, 5.74) is 2.63. The molecule has 1 saturated heterocycles. The quantitative estimate of drug-likeness (QED) is 0.282. The molecule has 1 aromatic heterocycles. The molecule has 5 nitrogen and oxygen atoms in total. The van der Waals surface area contributed by atoms with E-state index >= 15 is 0 Å². The standard InChI is InChI=1S/C24H37N5S.HI/c1-5-22-28-21(17-30-22)16-29-13-11-19(12-14-29)15-26-23(25-4)27-18-24(2,3)20-9-7-6-8-10-20;/h6-10,17,19H,5,11-16,18H2,1-4H3,(H2,25,26,27);1H. The Kier molecular flexibility index (Phi) is 10.7. The van der Waals surface area contributed by atoms with Gasteiger partial charge in [0.25, 0.3) is 0 Å². The Morgan fingerprint density at radius 3 is 2.52 bits per heavy atom. The average Bonchev–Trinajstić information content (AvgIpc) is 3.23. The summed E-state index contributed by atoms with van der Waals surface area (Å²) in [6.45, 7) is 11.8. The number of nitrogens with one attached hydrogen (secondary N) is 2. The van der Waals surface area contributed by atoms with Crippen molar-refractivity contribution < 1.29 is 0 Å². The van der Waals surface area contributed by atoms with E-state index in [2.05, 4.69) is 77.0 Å². The van der Waals surface area contributed by atoms with Crippen molar-refractivity contribution in [2.24, 2.45) is 10.9 Å². The molecule has 0 bridgehead atoms. The minimum absolute atomic E-state index is 0. The van der Waals surface area contributed by atoms with E-state index in [1.54, 1.807) is 11.3 Å². The van der Waals surface area contributed by atoms with E-state index in [9.17, 15) is 0 Å². The third-order valence-electron chi connectivity index (χ3n) is 6.03. The van der Waals surface area contributed by atoms with Crippen molar-refractivity contribution in [1.82, 2.24) is 20.5 Å². The number of nitrogens with zero attached hydrogens (tertiary/aromatic N) is 3. The molecule has 1 aliphatic heterocycles. The second kappa shape index (κ2) is 12.7. The van der Waals surface area contributed by atoms with E-state index < -0.39 is 0 Å². The number of piperidine rings is 1. The number of likely N-dealkylation sites (tertiary alicyclic amines) is 1. The molecule has 172 valence electrons. The Bertz CT molecular complexity index is 797. The number of rotatable bonds is 8. The molecule has 0 spiro atoms. The first-order valence-corrected chi connectivity index (χ1v) is 12.0. The smallest absolute Gasteiger partial charge is 0.191 e. The van der Waals surface area contributed by atoms with Gasteiger partial charge in [-0.25, -0.2) is 4.98 Å². The highest BCUT2D eigenvalue weighted by Crippen LogP contribution is 2.22. The monoisotopic (exact) mass is 555 g/mol. The lowest BCUT2D eigenvalue weighted by molar-refractivity contribution is 0.176. The number of aryl methyl sites for hydroxylation is 1. The van der Waals surface area contributed by atoms with Gasteiger partial charge in [-0.05, 0) is 43.8 Å². The highest BCUT2D eigenvalue weighted by Gasteiger charge is 2.22. The fraction of sp³-hybridized carbons (Fsp3) is 0.583. The third kappa shape index (κ3) is 8.02. The van der Waals surface area contributed by atoms with Crippen molar-refractivity contribution in [3.05, 3.63) is 52.0 Å². The maximum Gasteiger partial charge on any atom is 0.191 e. The summed E-state index contributed by atoms with van der Waals surface area (Å²) in [4.78, 5) is 11.7. The molecule has 0 unspecified atom stereocenters. The Hall–Kier alpha value is -1.19. The number of benzene rings is 1. The molecule has 0 amide bonds. The number of aromatic nitrogens is 1. The summed E-state index contributed by atoms with van der Waals surface area (Å²) >= 11 is 1.79. The summed E-state index contributed by atoms with van der Waals surface area (Å²) in [6, 6.07) is 10.7. The first-order valence-electron chi connectivity index (χ1n) is 11.2. The van der Waals surface area contributed by atoms with Crippen LogP contribution in [0.3, 0.4) is 0 Å². The van der Waals surface area contributed by atoms with E-state index in [0.717, 1.165) is 45.1 Å². The van der Waals surface area contributed by atoms with E-state index in [-0.39, 0.29) is 29.4 Å². The van der Waals surface area contributed by atoms with E-state index in [1.807, 2.05) is 7.05 Å². The van der Waals surface area contributed by atoms with E-state index in [1.165, 1.54) is 29.1 Å². The Balaban J connectivity index is 0.00000341. The van der Waals surface area contributed by atoms with Gasteiger partial charge in [0.2, 0.25) is 0 Å². The topological polar surface area (TPSA) is 52.6 Å². The number of aliphatic imine (C=N–C) groups is 1. The predicted octanol–water partition coefficient (Wildman–Crippen LogP) is 4.68. The van der Waals surface area contributed by atoms with Crippen LogP contribution >= 0.6 is 35.3 Å². The molecule has 0 saturated carbocycles. The minimum atomic E-state index is 0. The van der Waals surface area contributed by atoms with Crippen LogP contribution in [0.4, 0.5) is 0 Å². The van der Waals surface area contributed by atoms with Gasteiger partial charge in [0.1, 0.15) is 0 Å². The van der Waals surface area contributed by atoms with Crippen molar-refractivity contribution in [3.8, 4) is 0 Å². The largest absolute Gasteiger partial charge is 0.356 e. The molecule has 2 N–H and O–H groups in total. The Morgan fingerprint density at radius 1 is 1.19 bits per heavy atom. The number of hydrogen-bond acceptors (Lipinski definition) is 4. The number of halogens is 1. The van der Waals surface area contributed by atoms with Crippen LogP contribution in [0.2, 0.25) is 0 Å². The van der Waals surface area contributed by atoms with Crippen LogP contribution in [0.15, 0.2) is 40.7 Å². The van der Waals surface area contributed by atoms with Crippen molar-refractivity contribution >= 4 is 41.3 Å². The fourth-order valence-corrected chi connectivity index (χ4v) is 4.66. The number of guanidine groups is 1. The van der Waals surface area contributed by atoms with Gasteiger partial charge in [-0.3, -0.25) is 9.89 Å². The molecule has 0 radical (unpaired) electrons. The van der Waals surface area contributed by atoms with Gasteiger partial charge in [-0.1, -0.05) is 51.1 Å². The molecule has 0 aliphatic carbocycles. The van der Waals surface area contributed by atoms with Crippen LogP contribution in [-0.2, 0) is 18.4 Å². The van der Waals surface area contributed by atoms with Crippen LogP contribution in [0.1, 0.15) is 49.9 Å². The van der Waals surface area contributed by atoms with Crippen molar-refractivity contribution in [3.63, 3.8) is 0 Å². The molecule has 1 fully saturated rings. The molecule has 1 aliphatic rings. The Morgan fingerprint density at radius 2 is 1.90 bits per heavy atom. The maximum atomic E-state index is 4.72. The zero-order chi connectivity index (χ0) is 21.4. The molecule has 7 heteroatoms. The van der Waals surface area contributed by atoms with Crippen molar-refractivity contribution in [1.29, 1.82) is 0 Å². The van der Waals surface area contributed by atoms with Gasteiger partial charge in [0.15, 0.2) is 5.96 Å². The van der Waals surface area contributed by atoms with Crippen LogP contribution in [0, 0.1) is 5.92 Å². The van der Waals surface area contributed by atoms with Gasteiger partial charge < -0.3 is 10.6 Å². The fourth-order valence-electron chi connectivity index (χ4n) is 3.92. The number of thiazole rings is 1. The average molecular weight is 556 g/mol. The zero-order valence-electron chi connectivity index (χ0n) is 19.4.